The van der Waals surface area contributed by atoms with Crippen molar-refractivity contribution in [3.8, 4) is 17.5 Å². The van der Waals surface area contributed by atoms with Crippen LogP contribution in [-0.4, -0.2) is 17.1 Å². The van der Waals surface area contributed by atoms with Crippen LogP contribution >= 0.6 is 0 Å². The van der Waals surface area contributed by atoms with E-state index in [1.807, 2.05) is 39.0 Å². The molecule has 1 amide bonds. The highest BCUT2D eigenvalue weighted by atomic mass is 16.5. The zero-order valence-corrected chi connectivity index (χ0v) is 18.6. The number of hydrogen-bond acceptors (Lipinski definition) is 3. The van der Waals surface area contributed by atoms with Gasteiger partial charge in [-0.15, -0.1) is 0 Å². The van der Waals surface area contributed by atoms with Crippen molar-refractivity contribution in [1.29, 1.82) is 5.26 Å². The molecular weight excluding hydrogens is 386 g/mol. The molecule has 0 fully saturated rings. The highest BCUT2D eigenvalue weighted by molar-refractivity contribution is 6.09. The van der Waals surface area contributed by atoms with Crippen LogP contribution < -0.4 is 10.1 Å². The van der Waals surface area contributed by atoms with Crippen LogP contribution in [0.4, 0.5) is 5.69 Å². The third-order valence-electron chi connectivity index (χ3n) is 5.38. The molecule has 0 spiro atoms. The monoisotopic (exact) mass is 413 g/mol. The van der Waals surface area contributed by atoms with E-state index < -0.39 is 5.91 Å². The molecule has 0 aliphatic carbocycles. The SMILES string of the molecule is CCOc1ccc(NC(=O)/C(C#N)=C\c2cc(C)n(-c3cccc(C)c3C)c2C)cc1. The van der Waals surface area contributed by atoms with Gasteiger partial charge in [0, 0.05) is 22.8 Å². The lowest BCUT2D eigenvalue weighted by Crippen LogP contribution is -2.13. The maximum absolute atomic E-state index is 12.7. The maximum Gasteiger partial charge on any atom is 0.266 e. The molecule has 1 heterocycles. The Bertz CT molecular complexity index is 1180. The Balaban J connectivity index is 1.90. The van der Waals surface area contributed by atoms with Crippen molar-refractivity contribution in [3.63, 3.8) is 0 Å². The van der Waals surface area contributed by atoms with E-state index in [-0.39, 0.29) is 5.57 Å². The second kappa shape index (κ2) is 9.36. The number of ether oxygens (including phenoxy) is 1. The van der Waals surface area contributed by atoms with Crippen LogP contribution in [0.5, 0.6) is 5.75 Å². The van der Waals surface area contributed by atoms with Crippen LogP contribution in [0.3, 0.4) is 0 Å². The van der Waals surface area contributed by atoms with Gasteiger partial charge in [-0.1, -0.05) is 12.1 Å². The summed E-state index contributed by atoms with van der Waals surface area (Å²) in [6.07, 6.45) is 1.65. The summed E-state index contributed by atoms with van der Waals surface area (Å²) in [5.74, 6) is 0.290. The minimum Gasteiger partial charge on any atom is -0.494 e. The zero-order chi connectivity index (χ0) is 22.5. The summed E-state index contributed by atoms with van der Waals surface area (Å²) in [5.41, 5.74) is 7.05. The third-order valence-corrected chi connectivity index (χ3v) is 5.38. The predicted molar refractivity (Wildman–Crippen MR) is 125 cm³/mol. The lowest BCUT2D eigenvalue weighted by molar-refractivity contribution is -0.112. The highest BCUT2D eigenvalue weighted by Crippen LogP contribution is 2.26. The van der Waals surface area contributed by atoms with Gasteiger partial charge in [-0.05, 0) is 93.8 Å². The van der Waals surface area contributed by atoms with E-state index in [1.165, 1.54) is 11.1 Å². The average Bonchev–Trinajstić information content (AvgIpc) is 3.02. The maximum atomic E-state index is 12.7. The van der Waals surface area contributed by atoms with Crippen molar-refractivity contribution in [2.24, 2.45) is 0 Å². The fourth-order valence-corrected chi connectivity index (χ4v) is 3.59. The van der Waals surface area contributed by atoms with Gasteiger partial charge in [0.15, 0.2) is 0 Å². The van der Waals surface area contributed by atoms with E-state index in [9.17, 15) is 10.1 Å². The van der Waals surface area contributed by atoms with E-state index >= 15 is 0 Å². The van der Waals surface area contributed by atoms with Crippen molar-refractivity contribution < 1.29 is 9.53 Å². The highest BCUT2D eigenvalue weighted by Gasteiger charge is 2.15. The van der Waals surface area contributed by atoms with Crippen molar-refractivity contribution in [2.75, 3.05) is 11.9 Å². The number of nitrogens with one attached hydrogen (secondary N) is 1. The topological polar surface area (TPSA) is 67.0 Å². The largest absolute Gasteiger partial charge is 0.494 e. The lowest BCUT2D eigenvalue weighted by Gasteiger charge is -2.14. The molecule has 0 aliphatic rings. The molecule has 0 unspecified atom stereocenters. The molecule has 5 heteroatoms. The van der Waals surface area contributed by atoms with Crippen LogP contribution in [-0.2, 0) is 4.79 Å². The molecular formula is C26H27N3O2. The summed E-state index contributed by atoms with van der Waals surface area (Å²) in [6, 6.07) is 17.3. The zero-order valence-electron chi connectivity index (χ0n) is 18.6. The second-order valence-corrected chi connectivity index (χ2v) is 7.46. The second-order valence-electron chi connectivity index (χ2n) is 7.46. The quantitative estimate of drug-likeness (QED) is 0.419. The number of aromatic nitrogens is 1. The summed E-state index contributed by atoms with van der Waals surface area (Å²) >= 11 is 0. The molecule has 1 aromatic heterocycles. The van der Waals surface area contributed by atoms with Crippen LogP contribution in [0.25, 0.3) is 11.8 Å². The van der Waals surface area contributed by atoms with E-state index in [0.29, 0.717) is 12.3 Å². The Morgan fingerprint density at radius 1 is 1.13 bits per heavy atom. The standard InChI is InChI=1S/C26H27N3O2/c1-6-31-24-12-10-23(11-13-24)28-26(30)22(16-27)15-21-14-18(3)29(20(21)5)25-9-7-8-17(2)19(25)4/h7-15H,6H2,1-5H3,(H,28,30)/b22-15-. The van der Waals surface area contributed by atoms with Crippen molar-refractivity contribution >= 4 is 17.7 Å². The summed E-state index contributed by atoms with van der Waals surface area (Å²) in [6.45, 7) is 10.7. The first-order valence-corrected chi connectivity index (χ1v) is 10.3. The molecule has 0 aliphatic heterocycles. The Morgan fingerprint density at radius 2 is 1.84 bits per heavy atom. The molecule has 1 N–H and O–H groups in total. The molecule has 0 radical (unpaired) electrons. The first kappa shape index (κ1) is 21.9. The number of nitrogens with zero attached hydrogens (tertiary/aromatic N) is 2. The van der Waals surface area contributed by atoms with Gasteiger partial charge in [-0.25, -0.2) is 0 Å². The van der Waals surface area contributed by atoms with Crippen LogP contribution in [0.2, 0.25) is 0 Å². The van der Waals surface area contributed by atoms with Gasteiger partial charge in [0.25, 0.3) is 5.91 Å². The Labute approximate surface area is 183 Å². The number of anilines is 1. The molecule has 0 saturated heterocycles. The summed E-state index contributed by atoms with van der Waals surface area (Å²) in [5, 5.41) is 12.4. The Hall–Kier alpha value is -3.78. The molecule has 3 aromatic rings. The van der Waals surface area contributed by atoms with E-state index in [2.05, 4.69) is 35.9 Å². The first-order chi connectivity index (χ1) is 14.8. The number of benzene rings is 2. The average molecular weight is 414 g/mol. The third kappa shape index (κ3) is 4.70. The number of amides is 1. The minimum absolute atomic E-state index is 0.0510. The molecule has 31 heavy (non-hydrogen) atoms. The normalized spacial score (nSPS) is 11.2. The van der Waals surface area contributed by atoms with Crippen molar-refractivity contribution in [2.45, 2.75) is 34.6 Å². The van der Waals surface area contributed by atoms with Gasteiger partial charge in [0.2, 0.25) is 0 Å². The van der Waals surface area contributed by atoms with Crippen LogP contribution in [0.1, 0.15) is 35.0 Å². The predicted octanol–water partition coefficient (Wildman–Crippen LogP) is 5.66. The minimum atomic E-state index is -0.441. The number of hydrogen-bond donors (Lipinski definition) is 1. The first-order valence-electron chi connectivity index (χ1n) is 10.3. The number of rotatable bonds is 6. The molecule has 158 valence electrons. The summed E-state index contributed by atoms with van der Waals surface area (Å²) < 4.78 is 7.57. The number of aryl methyl sites for hydroxylation is 2. The summed E-state index contributed by atoms with van der Waals surface area (Å²) in [4.78, 5) is 12.7. The smallest absolute Gasteiger partial charge is 0.266 e. The fourth-order valence-electron chi connectivity index (χ4n) is 3.59. The van der Waals surface area contributed by atoms with Crippen LogP contribution in [0.15, 0.2) is 54.1 Å². The van der Waals surface area contributed by atoms with Gasteiger partial charge in [-0.3, -0.25) is 4.79 Å². The van der Waals surface area contributed by atoms with Crippen LogP contribution in [0, 0.1) is 39.0 Å². The molecule has 5 nitrogen and oxygen atoms in total. The summed E-state index contributed by atoms with van der Waals surface area (Å²) in [7, 11) is 0. The van der Waals surface area contributed by atoms with Crippen molar-refractivity contribution in [1.82, 2.24) is 4.57 Å². The number of nitriles is 1. The van der Waals surface area contributed by atoms with Gasteiger partial charge in [-0.2, -0.15) is 5.26 Å². The van der Waals surface area contributed by atoms with E-state index in [1.54, 1.807) is 30.3 Å². The van der Waals surface area contributed by atoms with Gasteiger partial charge >= 0.3 is 0 Å². The molecule has 2 aromatic carbocycles. The van der Waals surface area contributed by atoms with Gasteiger partial charge in [0.05, 0.1) is 6.61 Å². The lowest BCUT2D eigenvalue weighted by atomic mass is 10.1. The molecule has 0 bridgehead atoms. The van der Waals surface area contributed by atoms with E-state index in [0.717, 1.165) is 28.4 Å². The van der Waals surface area contributed by atoms with Gasteiger partial charge < -0.3 is 14.6 Å². The molecule has 0 saturated carbocycles. The molecule has 0 atom stereocenters. The number of carbonyl (C=O) groups is 1. The Kier molecular flexibility index (Phi) is 6.61. The number of carbonyl (C=O) groups excluding carboxylic acids is 1. The Morgan fingerprint density at radius 3 is 2.48 bits per heavy atom. The van der Waals surface area contributed by atoms with E-state index in [4.69, 9.17) is 4.74 Å². The molecule has 3 rings (SSSR count). The van der Waals surface area contributed by atoms with Gasteiger partial charge in [0.1, 0.15) is 17.4 Å². The fraction of sp³-hybridized carbons (Fsp3) is 0.231. The van der Waals surface area contributed by atoms with Crippen molar-refractivity contribution in [3.05, 3.63) is 82.2 Å².